The van der Waals surface area contributed by atoms with E-state index < -0.39 is 29.8 Å². The maximum Gasteiger partial charge on any atom is 0.416 e. The molecule has 2 amide bonds. The van der Waals surface area contributed by atoms with Gasteiger partial charge in [0, 0.05) is 17.4 Å². The van der Waals surface area contributed by atoms with Crippen LogP contribution in [0.25, 0.3) is 0 Å². The lowest BCUT2D eigenvalue weighted by atomic mass is 10.1. The molecular formula is C23H22F3N5O4. The fourth-order valence-corrected chi connectivity index (χ4v) is 2.96. The monoisotopic (exact) mass is 489 g/mol. The molecule has 1 unspecified atom stereocenters. The molecule has 3 rings (SSSR count). The van der Waals surface area contributed by atoms with Crippen molar-refractivity contribution >= 4 is 29.2 Å². The van der Waals surface area contributed by atoms with Crippen LogP contribution in [-0.2, 0) is 15.7 Å². The Balaban J connectivity index is 1.59. The molecule has 0 fully saturated rings. The number of benzene rings is 2. The molecule has 1 heterocycles. The van der Waals surface area contributed by atoms with Gasteiger partial charge in [-0.15, -0.1) is 0 Å². The molecule has 9 nitrogen and oxygen atoms in total. The average molecular weight is 489 g/mol. The molecule has 0 saturated heterocycles. The van der Waals surface area contributed by atoms with Crippen LogP contribution in [0, 0.1) is 6.92 Å². The lowest BCUT2D eigenvalue weighted by Crippen LogP contribution is -2.27. The van der Waals surface area contributed by atoms with Gasteiger partial charge in [0.05, 0.1) is 12.7 Å². The number of carbonyl (C=O) groups excluding carboxylic acids is 2. The SMILES string of the molecule is COC(=O)C(C)Nc1cc(Oc2ccc(NC(=O)Nc3ccc(C)c(C(F)(F)F)c3)cc2)ncn1. The highest BCUT2D eigenvalue weighted by Crippen LogP contribution is 2.33. The summed E-state index contributed by atoms with van der Waals surface area (Å²) < 4.78 is 49.5. The van der Waals surface area contributed by atoms with Crippen LogP contribution in [0.1, 0.15) is 18.1 Å². The number of amides is 2. The summed E-state index contributed by atoms with van der Waals surface area (Å²) in [5, 5.41) is 7.78. The van der Waals surface area contributed by atoms with Gasteiger partial charge in [0.15, 0.2) is 0 Å². The van der Waals surface area contributed by atoms with Crippen LogP contribution in [0.15, 0.2) is 54.9 Å². The van der Waals surface area contributed by atoms with E-state index in [1.165, 1.54) is 38.6 Å². The predicted molar refractivity (Wildman–Crippen MR) is 122 cm³/mol. The molecule has 12 heteroatoms. The first-order valence-corrected chi connectivity index (χ1v) is 10.3. The zero-order chi connectivity index (χ0) is 25.6. The third kappa shape index (κ3) is 7.06. The number of aromatic nitrogens is 2. The highest BCUT2D eigenvalue weighted by atomic mass is 19.4. The van der Waals surface area contributed by atoms with E-state index in [0.717, 1.165) is 6.07 Å². The van der Waals surface area contributed by atoms with E-state index in [1.54, 1.807) is 31.2 Å². The Kier molecular flexibility index (Phi) is 7.74. The summed E-state index contributed by atoms with van der Waals surface area (Å²) in [5.74, 6) is 0.502. The van der Waals surface area contributed by atoms with Crippen LogP contribution in [-0.4, -0.2) is 35.1 Å². The quantitative estimate of drug-likeness (QED) is 0.390. The lowest BCUT2D eigenvalue weighted by molar-refractivity contribution is -0.141. The minimum atomic E-state index is -4.52. The van der Waals surface area contributed by atoms with E-state index in [4.69, 9.17) is 4.74 Å². The number of halogens is 3. The Hall–Kier alpha value is -4.35. The van der Waals surface area contributed by atoms with Gasteiger partial charge in [-0.25, -0.2) is 19.6 Å². The van der Waals surface area contributed by atoms with Crippen LogP contribution >= 0.6 is 0 Å². The molecule has 1 atom stereocenters. The second-order valence-corrected chi connectivity index (χ2v) is 7.36. The van der Waals surface area contributed by atoms with Gasteiger partial charge in [0.2, 0.25) is 5.88 Å². The highest BCUT2D eigenvalue weighted by Gasteiger charge is 2.32. The third-order valence-corrected chi connectivity index (χ3v) is 4.70. The molecule has 0 bridgehead atoms. The van der Waals surface area contributed by atoms with Gasteiger partial charge >= 0.3 is 18.2 Å². The Bertz CT molecular complexity index is 1200. The summed E-state index contributed by atoms with van der Waals surface area (Å²) in [7, 11) is 1.28. The molecule has 0 saturated carbocycles. The van der Waals surface area contributed by atoms with Crippen LogP contribution in [0.3, 0.4) is 0 Å². The molecule has 35 heavy (non-hydrogen) atoms. The molecule has 0 aliphatic heterocycles. The number of rotatable bonds is 7. The molecule has 2 aromatic carbocycles. The highest BCUT2D eigenvalue weighted by molar-refractivity contribution is 5.99. The Morgan fingerprint density at radius 2 is 1.63 bits per heavy atom. The van der Waals surface area contributed by atoms with Crippen molar-refractivity contribution in [3.63, 3.8) is 0 Å². The maximum absolute atomic E-state index is 13.1. The summed E-state index contributed by atoms with van der Waals surface area (Å²) in [5.41, 5.74) is -0.367. The van der Waals surface area contributed by atoms with Crippen molar-refractivity contribution in [2.45, 2.75) is 26.1 Å². The number of anilines is 3. The number of nitrogens with zero attached hydrogens (tertiary/aromatic N) is 2. The summed E-state index contributed by atoms with van der Waals surface area (Å²) >= 11 is 0. The number of carbonyl (C=O) groups is 2. The summed E-state index contributed by atoms with van der Waals surface area (Å²) in [4.78, 5) is 31.8. The molecular weight excluding hydrogens is 467 g/mol. The van der Waals surface area contributed by atoms with Crippen LogP contribution < -0.4 is 20.7 Å². The summed E-state index contributed by atoms with van der Waals surface area (Å²) in [6.07, 6.45) is -3.26. The molecule has 184 valence electrons. The van der Waals surface area contributed by atoms with Gasteiger partial charge < -0.3 is 25.4 Å². The number of esters is 1. The number of hydrogen-bond acceptors (Lipinski definition) is 7. The molecule has 0 aliphatic rings. The first-order valence-electron chi connectivity index (χ1n) is 10.3. The zero-order valence-corrected chi connectivity index (χ0v) is 18.9. The van der Waals surface area contributed by atoms with Gasteiger partial charge in [0.25, 0.3) is 0 Å². The van der Waals surface area contributed by atoms with E-state index in [9.17, 15) is 22.8 Å². The van der Waals surface area contributed by atoms with Crippen molar-refractivity contribution in [2.75, 3.05) is 23.1 Å². The largest absolute Gasteiger partial charge is 0.467 e. The Morgan fingerprint density at radius 3 is 2.29 bits per heavy atom. The van der Waals surface area contributed by atoms with Crippen molar-refractivity contribution < 1.29 is 32.2 Å². The first-order chi connectivity index (χ1) is 16.5. The number of nitrogens with one attached hydrogen (secondary N) is 3. The second-order valence-electron chi connectivity index (χ2n) is 7.36. The van der Waals surface area contributed by atoms with Crippen LogP contribution in [0.2, 0.25) is 0 Å². The summed E-state index contributed by atoms with van der Waals surface area (Å²) in [6.45, 7) is 2.96. The van der Waals surface area contributed by atoms with E-state index in [0.29, 0.717) is 17.3 Å². The van der Waals surface area contributed by atoms with Crippen molar-refractivity contribution in [1.29, 1.82) is 0 Å². The number of methoxy groups -OCH3 is 1. The van der Waals surface area contributed by atoms with Gasteiger partial charge in [-0.05, 0) is 55.8 Å². The molecule has 0 aliphatic carbocycles. The van der Waals surface area contributed by atoms with Crippen molar-refractivity contribution in [1.82, 2.24) is 9.97 Å². The van der Waals surface area contributed by atoms with E-state index in [-0.39, 0.29) is 17.1 Å². The van der Waals surface area contributed by atoms with Crippen LogP contribution in [0.5, 0.6) is 11.6 Å². The Labute approximate surface area is 198 Å². The van der Waals surface area contributed by atoms with E-state index >= 15 is 0 Å². The topological polar surface area (TPSA) is 114 Å². The Morgan fingerprint density at radius 1 is 0.971 bits per heavy atom. The van der Waals surface area contributed by atoms with Gasteiger partial charge in [-0.3, -0.25) is 0 Å². The fraction of sp³-hybridized carbons (Fsp3) is 0.217. The standard InChI is InChI=1S/C23H22F3N5O4/c1-13-4-5-16(10-18(13)23(24,25)26)31-22(33)30-15-6-8-17(9-7-15)35-20-11-19(27-12-28-20)29-14(2)21(32)34-3/h4-12,14H,1-3H3,(H,27,28,29)(H2,30,31,33). The van der Waals surface area contributed by atoms with Gasteiger partial charge in [-0.2, -0.15) is 13.2 Å². The van der Waals surface area contributed by atoms with E-state index in [2.05, 4.69) is 30.7 Å². The number of hydrogen-bond donors (Lipinski definition) is 3. The van der Waals surface area contributed by atoms with Crippen molar-refractivity contribution in [3.8, 4) is 11.6 Å². The lowest BCUT2D eigenvalue weighted by Gasteiger charge is -2.13. The molecule has 0 spiro atoms. The minimum absolute atomic E-state index is 0.00933. The van der Waals surface area contributed by atoms with Gasteiger partial charge in [0.1, 0.15) is 23.9 Å². The normalized spacial score (nSPS) is 11.8. The molecule has 3 aromatic rings. The van der Waals surface area contributed by atoms with Crippen LogP contribution in [0.4, 0.5) is 35.2 Å². The third-order valence-electron chi connectivity index (χ3n) is 4.70. The number of alkyl halides is 3. The zero-order valence-electron chi connectivity index (χ0n) is 18.9. The first kappa shape index (κ1) is 25.3. The number of ether oxygens (including phenoxy) is 2. The molecule has 0 radical (unpaired) electrons. The fourth-order valence-electron chi connectivity index (χ4n) is 2.96. The average Bonchev–Trinajstić information content (AvgIpc) is 2.80. The van der Waals surface area contributed by atoms with Gasteiger partial charge in [-0.1, -0.05) is 6.07 Å². The summed E-state index contributed by atoms with van der Waals surface area (Å²) in [6, 6.07) is 9.94. The maximum atomic E-state index is 13.1. The minimum Gasteiger partial charge on any atom is -0.467 e. The smallest absolute Gasteiger partial charge is 0.416 e. The van der Waals surface area contributed by atoms with Crippen molar-refractivity contribution in [2.24, 2.45) is 0 Å². The number of urea groups is 1. The second kappa shape index (κ2) is 10.7. The van der Waals surface area contributed by atoms with Crippen molar-refractivity contribution in [3.05, 3.63) is 66.0 Å². The predicted octanol–water partition coefficient (Wildman–Crippen LogP) is 5.21. The molecule has 1 aromatic heterocycles. The van der Waals surface area contributed by atoms with E-state index in [1.807, 2.05) is 0 Å². The number of aryl methyl sites for hydroxylation is 1. The molecule has 3 N–H and O–H groups in total.